The third kappa shape index (κ3) is 2.81. The lowest BCUT2D eigenvalue weighted by Gasteiger charge is -2.38. The number of rotatable bonds is 3. The van der Waals surface area contributed by atoms with Gasteiger partial charge in [0.1, 0.15) is 0 Å². The number of carboxylic acid groups (broad SMARTS) is 1. The first-order valence-electron chi connectivity index (χ1n) is 6.59. The number of carbonyl (C=O) groups excluding carboxylic acids is 1. The number of hydrogen-bond donors (Lipinski definition) is 1. The molecule has 2 rings (SSSR count). The summed E-state index contributed by atoms with van der Waals surface area (Å²) >= 11 is 1.57. The van der Waals surface area contributed by atoms with Gasteiger partial charge in [0.2, 0.25) is 5.91 Å². The van der Waals surface area contributed by atoms with Gasteiger partial charge in [0, 0.05) is 17.5 Å². The summed E-state index contributed by atoms with van der Waals surface area (Å²) in [5.41, 5.74) is 0. The third-order valence-electron chi connectivity index (χ3n) is 3.93. The van der Waals surface area contributed by atoms with Crippen LogP contribution in [0.5, 0.6) is 0 Å². The fourth-order valence-electron chi connectivity index (χ4n) is 2.69. The van der Waals surface area contributed by atoms with Crippen molar-refractivity contribution >= 4 is 23.2 Å². The van der Waals surface area contributed by atoms with Crippen LogP contribution in [0.25, 0.3) is 0 Å². The van der Waals surface area contributed by atoms with E-state index < -0.39 is 11.9 Å². The second-order valence-electron chi connectivity index (χ2n) is 5.10. The summed E-state index contributed by atoms with van der Waals surface area (Å²) in [5, 5.41) is 11.2. The van der Waals surface area contributed by atoms with E-state index in [0.29, 0.717) is 13.0 Å². The van der Waals surface area contributed by atoms with E-state index in [0.717, 1.165) is 11.3 Å². The van der Waals surface area contributed by atoms with Crippen LogP contribution in [-0.4, -0.2) is 34.5 Å². The number of amides is 1. The van der Waals surface area contributed by atoms with Gasteiger partial charge in [-0.25, -0.2) is 0 Å². The van der Waals surface area contributed by atoms with Crippen LogP contribution in [0.4, 0.5) is 0 Å². The monoisotopic (exact) mass is 281 g/mol. The molecule has 0 bridgehead atoms. The summed E-state index contributed by atoms with van der Waals surface area (Å²) in [5.74, 6) is -1.38. The number of nitrogens with zero attached hydrogens (tertiary/aromatic N) is 1. The van der Waals surface area contributed by atoms with E-state index in [1.807, 2.05) is 31.4 Å². The minimum absolute atomic E-state index is 0.0425. The van der Waals surface area contributed by atoms with Gasteiger partial charge in [-0.05, 0) is 38.1 Å². The Balaban J connectivity index is 2.12. The molecule has 2 heterocycles. The topological polar surface area (TPSA) is 57.6 Å². The predicted molar refractivity (Wildman–Crippen MR) is 74.3 cm³/mol. The fraction of sp³-hybridized carbons (Fsp3) is 0.571. The van der Waals surface area contributed by atoms with Gasteiger partial charge in [-0.2, -0.15) is 0 Å². The highest BCUT2D eigenvalue weighted by Crippen LogP contribution is 2.29. The summed E-state index contributed by atoms with van der Waals surface area (Å²) < 4.78 is 0. The van der Waals surface area contributed by atoms with Crippen molar-refractivity contribution < 1.29 is 14.7 Å². The van der Waals surface area contributed by atoms with E-state index in [4.69, 9.17) is 0 Å². The molecule has 1 aliphatic heterocycles. The zero-order valence-electron chi connectivity index (χ0n) is 11.2. The van der Waals surface area contributed by atoms with E-state index in [1.54, 1.807) is 16.2 Å². The summed E-state index contributed by atoms with van der Waals surface area (Å²) in [7, 11) is 0. The molecule has 5 heteroatoms. The minimum Gasteiger partial charge on any atom is -0.481 e. The summed E-state index contributed by atoms with van der Waals surface area (Å²) in [4.78, 5) is 26.5. The van der Waals surface area contributed by atoms with Crippen LogP contribution in [-0.2, 0) is 9.59 Å². The number of carbonyl (C=O) groups is 2. The molecule has 0 aliphatic carbocycles. The Labute approximate surface area is 117 Å². The van der Waals surface area contributed by atoms with E-state index in [9.17, 15) is 14.7 Å². The number of piperidine rings is 1. The van der Waals surface area contributed by atoms with Gasteiger partial charge in [0.15, 0.2) is 0 Å². The lowest BCUT2D eigenvalue weighted by molar-refractivity contribution is -0.149. The van der Waals surface area contributed by atoms with Crippen molar-refractivity contribution in [2.45, 2.75) is 38.6 Å². The van der Waals surface area contributed by atoms with Crippen LogP contribution in [0.1, 0.15) is 37.5 Å². The molecule has 1 N–H and O–H groups in total. The predicted octanol–water partition coefficient (Wildman–Crippen LogP) is 2.56. The quantitative estimate of drug-likeness (QED) is 0.926. The van der Waals surface area contributed by atoms with Crippen molar-refractivity contribution in [3.63, 3.8) is 0 Å². The molecule has 1 aromatic heterocycles. The first-order chi connectivity index (χ1) is 9.02. The van der Waals surface area contributed by atoms with Crippen molar-refractivity contribution in [2.24, 2.45) is 5.92 Å². The van der Waals surface area contributed by atoms with Crippen LogP contribution in [0.15, 0.2) is 17.5 Å². The van der Waals surface area contributed by atoms with Crippen LogP contribution >= 0.6 is 11.3 Å². The minimum atomic E-state index is -0.797. The Kier molecular flexibility index (Phi) is 4.24. The molecule has 0 saturated carbocycles. The molecule has 1 aliphatic rings. The molecule has 1 aromatic rings. The Morgan fingerprint density at radius 1 is 1.53 bits per heavy atom. The first kappa shape index (κ1) is 14.1. The zero-order chi connectivity index (χ0) is 14.0. The Morgan fingerprint density at radius 2 is 2.26 bits per heavy atom. The number of thiophene rings is 1. The number of hydrogen-bond acceptors (Lipinski definition) is 3. The van der Waals surface area contributed by atoms with Gasteiger partial charge >= 0.3 is 5.97 Å². The number of carboxylic acids is 1. The molecule has 1 fully saturated rings. The highest BCUT2D eigenvalue weighted by molar-refractivity contribution is 7.10. The smallest absolute Gasteiger partial charge is 0.308 e. The Hall–Kier alpha value is -1.36. The summed E-state index contributed by atoms with van der Waals surface area (Å²) in [6.45, 7) is 4.40. The third-order valence-corrected chi connectivity index (χ3v) is 4.98. The second kappa shape index (κ2) is 5.74. The molecule has 19 heavy (non-hydrogen) atoms. The lowest BCUT2D eigenvalue weighted by Crippen LogP contribution is -2.50. The zero-order valence-corrected chi connectivity index (χ0v) is 12.0. The van der Waals surface area contributed by atoms with Crippen LogP contribution in [0.3, 0.4) is 0 Å². The van der Waals surface area contributed by atoms with Gasteiger partial charge < -0.3 is 10.0 Å². The molecular weight excluding hydrogens is 262 g/mol. The summed E-state index contributed by atoms with van der Waals surface area (Å²) in [6, 6.07) is 3.67. The van der Waals surface area contributed by atoms with Gasteiger partial charge in [0.05, 0.1) is 11.8 Å². The first-order valence-corrected chi connectivity index (χ1v) is 7.47. The molecule has 3 atom stereocenters. The maximum atomic E-state index is 12.5. The summed E-state index contributed by atoms with van der Waals surface area (Å²) in [6.07, 6.45) is 1.43. The fourth-order valence-corrected chi connectivity index (χ4v) is 3.47. The molecule has 1 unspecified atom stereocenters. The van der Waals surface area contributed by atoms with Gasteiger partial charge in [0.25, 0.3) is 0 Å². The van der Waals surface area contributed by atoms with Gasteiger partial charge in [-0.3, -0.25) is 9.59 Å². The maximum Gasteiger partial charge on any atom is 0.308 e. The van der Waals surface area contributed by atoms with Crippen molar-refractivity contribution in [3.8, 4) is 0 Å². The van der Waals surface area contributed by atoms with E-state index in [2.05, 4.69) is 0 Å². The molecule has 1 amide bonds. The molecular formula is C14H19NO3S. The van der Waals surface area contributed by atoms with Crippen molar-refractivity contribution in [1.82, 2.24) is 4.90 Å². The number of likely N-dealkylation sites (tertiary alicyclic amines) is 1. The number of aliphatic carboxylic acids is 1. The van der Waals surface area contributed by atoms with Gasteiger partial charge in [-0.1, -0.05) is 6.07 Å². The largest absolute Gasteiger partial charge is 0.481 e. The Bertz CT molecular complexity index is 457. The average Bonchev–Trinajstić information content (AvgIpc) is 2.90. The normalized spacial score (nSPS) is 25.1. The van der Waals surface area contributed by atoms with Crippen molar-refractivity contribution in [1.29, 1.82) is 0 Å². The SMILES string of the molecule is CC(C(=O)N1CCC[C@H](C(=O)O)[C@@H]1C)c1cccs1. The lowest BCUT2D eigenvalue weighted by atomic mass is 9.89. The van der Waals surface area contributed by atoms with Crippen molar-refractivity contribution in [3.05, 3.63) is 22.4 Å². The maximum absolute atomic E-state index is 12.5. The molecule has 1 saturated heterocycles. The van der Waals surface area contributed by atoms with E-state index in [-0.39, 0.29) is 17.9 Å². The highest BCUT2D eigenvalue weighted by atomic mass is 32.1. The van der Waals surface area contributed by atoms with E-state index >= 15 is 0 Å². The Morgan fingerprint density at radius 3 is 2.84 bits per heavy atom. The van der Waals surface area contributed by atoms with Crippen LogP contribution in [0, 0.1) is 5.92 Å². The second-order valence-corrected chi connectivity index (χ2v) is 6.08. The molecule has 0 radical (unpaired) electrons. The highest BCUT2D eigenvalue weighted by Gasteiger charge is 2.36. The molecule has 0 aromatic carbocycles. The molecule has 4 nitrogen and oxygen atoms in total. The van der Waals surface area contributed by atoms with Crippen LogP contribution < -0.4 is 0 Å². The van der Waals surface area contributed by atoms with Crippen LogP contribution in [0.2, 0.25) is 0 Å². The van der Waals surface area contributed by atoms with E-state index in [1.165, 1.54) is 0 Å². The molecule has 0 spiro atoms. The molecule has 104 valence electrons. The van der Waals surface area contributed by atoms with Gasteiger partial charge in [-0.15, -0.1) is 11.3 Å². The van der Waals surface area contributed by atoms with Crippen molar-refractivity contribution in [2.75, 3.05) is 6.54 Å². The average molecular weight is 281 g/mol. The standard InChI is InChI=1S/C14H19NO3S/c1-9(12-6-4-8-19-12)13(16)15-7-3-5-11(10(15)2)14(17)18/h4,6,8-11H,3,5,7H2,1-2H3,(H,17,18)/t9?,10-,11-/m0/s1.